The molecule has 11 heavy (non-hydrogen) atoms. The fourth-order valence-corrected chi connectivity index (χ4v) is 0.576. The minimum atomic E-state index is 0.587. The lowest BCUT2D eigenvalue weighted by molar-refractivity contribution is 0.129. The Labute approximate surface area is 67.8 Å². The quantitative estimate of drug-likeness (QED) is 0.726. The molecular weight excluding hydrogens is 140 g/mol. The predicted octanol–water partition coefficient (Wildman–Crippen LogP) is 1.97. The van der Waals surface area contributed by atoms with E-state index in [2.05, 4.69) is 9.97 Å². The molecule has 0 bridgehead atoms. The Morgan fingerprint density at radius 2 is 2.27 bits per heavy atom. The van der Waals surface area contributed by atoms with E-state index in [-0.39, 0.29) is 0 Å². The molecule has 0 aliphatic heterocycles. The molecule has 3 nitrogen and oxygen atoms in total. The Morgan fingerprint density at radius 1 is 1.55 bits per heavy atom. The molecule has 0 saturated heterocycles. The minimum absolute atomic E-state index is 0.587. The third kappa shape index (κ3) is 4.56. The Bertz CT molecular complexity index is 149. The zero-order valence-corrected chi connectivity index (χ0v) is 7.42. The molecule has 0 aliphatic rings. The van der Waals surface area contributed by atoms with Crippen LogP contribution in [0.1, 0.15) is 26.6 Å². The van der Waals surface area contributed by atoms with Crippen molar-refractivity contribution in [3.63, 3.8) is 0 Å². The summed E-state index contributed by atoms with van der Waals surface area (Å²) in [6.45, 7) is 7.28. The second-order valence-electron chi connectivity index (χ2n) is 1.67. The highest BCUT2D eigenvalue weighted by Crippen LogP contribution is 1.89. The maximum absolute atomic E-state index is 5.08. The molecule has 0 saturated carbocycles. The van der Waals surface area contributed by atoms with Gasteiger partial charge >= 0.3 is 0 Å². The molecule has 0 spiro atoms. The van der Waals surface area contributed by atoms with Crippen molar-refractivity contribution in [2.45, 2.75) is 27.4 Å². The summed E-state index contributed by atoms with van der Waals surface area (Å²) in [4.78, 5) is 6.91. The van der Waals surface area contributed by atoms with Crippen molar-refractivity contribution in [2.24, 2.45) is 0 Å². The van der Waals surface area contributed by atoms with Crippen LogP contribution in [0, 0.1) is 0 Å². The van der Waals surface area contributed by atoms with Gasteiger partial charge in [0, 0.05) is 19.0 Å². The van der Waals surface area contributed by atoms with E-state index in [1.807, 2.05) is 20.8 Å². The van der Waals surface area contributed by atoms with Crippen molar-refractivity contribution in [2.75, 3.05) is 6.61 Å². The summed E-state index contributed by atoms with van der Waals surface area (Å²) in [6, 6.07) is 0. The number of aromatic amines is 1. The molecule has 1 N–H and O–H groups in total. The van der Waals surface area contributed by atoms with Gasteiger partial charge in [0.25, 0.3) is 0 Å². The maximum atomic E-state index is 5.08. The summed E-state index contributed by atoms with van der Waals surface area (Å²) in [5, 5.41) is 0. The Morgan fingerprint density at radius 3 is 2.73 bits per heavy atom. The Balaban J connectivity index is 0.000000461. The van der Waals surface area contributed by atoms with Crippen molar-refractivity contribution in [3.8, 4) is 0 Å². The second kappa shape index (κ2) is 7.28. The van der Waals surface area contributed by atoms with Crippen LogP contribution in [0.3, 0.4) is 0 Å². The fraction of sp³-hybridized carbons (Fsp3) is 0.625. The lowest BCUT2D eigenvalue weighted by Gasteiger charge is -1.94. The van der Waals surface area contributed by atoms with Gasteiger partial charge in [0.15, 0.2) is 0 Å². The smallest absolute Gasteiger partial charge is 0.132 e. The first-order chi connectivity index (χ1) is 5.43. The molecule has 0 radical (unpaired) electrons. The van der Waals surface area contributed by atoms with Crippen molar-refractivity contribution in [1.29, 1.82) is 0 Å². The summed E-state index contributed by atoms with van der Waals surface area (Å²) in [7, 11) is 0. The van der Waals surface area contributed by atoms with Crippen LogP contribution in [0.15, 0.2) is 12.4 Å². The van der Waals surface area contributed by atoms with Crippen molar-refractivity contribution >= 4 is 0 Å². The van der Waals surface area contributed by atoms with Gasteiger partial charge in [-0.3, -0.25) is 0 Å². The van der Waals surface area contributed by atoms with Crippen molar-refractivity contribution in [3.05, 3.63) is 18.2 Å². The van der Waals surface area contributed by atoms with E-state index in [1.54, 1.807) is 12.4 Å². The summed E-state index contributed by atoms with van der Waals surface area (Å²) in [6.07, 6.45) is 3.50. The predicted molar refractivity (Wildman–Crippen MR) is 45.3 cm³/mol. The molecule has 0 aliphatic carbocycles. The SMILES string of the molecule is CC.CCOCc1ncc[nH]1. The van der Waals surface area contributed by atoms with Gasteiger partial charge in [0.05, 0.1) is 0 Å². The van der Waals surface area contributed by atoms with Crippen LogP contribution in [0.4, 0.5) is 0 Å². The van der Waals surface area contributed by atoms with Gasteiger partial charge in [-0.05, 0) is 6.92 Å². The topological polar surface area (TPSA) is 37.9 Å². The number of hydrogen-bond acceptors (Lipinski definition) is 2. The van der Waals surface area contributed by atoms with Crippen molar-refractivity contribution < 1.29 is 4.74 Å². The van der Waals surface area contributed by atoms with Crippen LogP contribution in [0.25, 0.3) is 0 Å². The van der Waals surface area contributed by atoms with Crippen molar-refractivity contribution in [1.82, 2.24) is 9.97 Å². The van der Waals surface area contributed by atoms with Crippen LogP contribution < -0.4 is 0 Å². The number of ether oxygens (including phenoxy) is 1. The van der Waals surface area contributed by atoms with Gasteiger partial charge in [-0.25, -0.2) is 4.98 Å². The molecule has 0 atom stereocenters. The molecule has 0 amide bonds. The molecule has 64 valence electrons. The molecular formula is C8H16N2O. The summed E-state index contributed by atoms with van der Waals surface area (Å²) in [5.41, 5.74) is 0. The largest absolute Gasteiger partial charge is 0.374 e. The summed E-state index contributed by atoms with van der Waals surface area (Å²) >= 11 is 0. The first-order valence-corrected chi connectivity index (χ1v) is 3.99. The molecule has 0 fully saturated rings. The molecule has 0 unspecified atom stereocenters. The Kier molecular flexibility index (Phi) is 6.73. The van der Waals surface area contributed by atoms with E-state index in [1.165, 1.54) is 0 Å². The first-order valence-electron chi connectivity index (χ1n) is 3.99. The highest BCUT2D eigenvalue weighted by atomic mass is 16.5. The highest BCUT2D eigenvalue weighted by molar-refractivity contribution is 4.83. The standard InChI is InChI=1S/C6H10N2O.C2H6/c1-2-9-5-6-7-3-4-8-6;1-2/h3-4H,2,5H2,1H3,(H,7,8);1-2H3. The van der Waals surface area contributed by atoms with Crippen LogP contribution in [0.5, 0.6) is 0 Å². The van der Waals surface area contributed by atoms with Crippen LogP contribution in [0.2, 0.25) is 0 Å². The molecule has 1 aromatic heterocycles. The number of aromatic nitrogens is 2. The van der Waals surface area contributed by atoms with Gasteiger partial charge in [-0.2, -0.15) is 0 Å². The van der Waals surface area contributed by atoms with Crippen LogP contribution >= 0.6 is 0 Å². The number of rotatable bonds is 3. The number of H-pyrrole nitrogens is 1. The minimum Gasteiger partial charge on any atom is -0.374 e. The number of hydrogen-bond donors (Lipinski definition) is 1. The van der Waals surface area contributed by atoms with Gasteiger partial charge in [0.1, 0.15) is 12.4 Å². The van der Waals surface area contributed by atoms with Crippen LogP contribution in [-0.4, -0.2) is 16.6 Å². The van der Waals surface area contributed by atoms with E-state index >= 15 is 0 Å². The average molecular weight is 156 g/mol. The van der Waals surface area contributed by atoms with Crippen LogP contribution in [-0.2, 0) is 11.3 Å². The summed E-state index contributed by atoms with van der Waals surface area (Å²) in [5.74, 6) is 0.886. The first kappa shape index (κ1) is 10.2. The molecule has 3 heteroatoms. The monoisotopic (exact) mass is 156 g/mol. The third-order valence-corrected chi connectivity index (χ3v) is 0.998. The van der Waals surface area contributed by atoms with E-state index in [0.29, 0.717) is 6.61 Å². The number of nitrogens with one attached hydrogen (secondary N) is 1. The van der Waals surface area contributed by atoms with E-state index in [9.17, 15) is 0 Å². The van der Waals surface area contributed by atoms with E-state index in [0.717, 1.165) is 12.4 Å². The highest BCUT2D eigenvalue weighted by Gasteiger charge is 1.89. The number of nitrogens with zero attached hydrogens (tertiary/aromatic N) is 1. The molecule has 1 rings (SSSR count). The molecule has 0 aromatic carbocycles. The number of imidazole rings is 1. The van der Waals surface area contributed by atoms with Gasteiger partial charge in [0.2, 0.25) is 0 Å². The van der Waals surface area contributed by atoms with E-state index < -0.39 is 0 Å². The zero-order chi connectivity index (χ0) is 8.53. The third-order valence-electron chi connectivity index (χ3n) is 0.998. The van der Waals surface area contributed by atoms with E-state index in [4.69, 9.17) is 4.74 Å². The Hall–Kier alpha value is -0.830. The lowest BCUT2D eigenvalue weighted by atomic mass is 10.7. The lowest BCUT2D eigenvalue weighted by Crippen LogP contribution is -1.92. The van der Waals surface area contributed by atoms with Gasteiger partial charge in [-0.15, -0.1) is 0 Å². The zero-order valence-electron chi connectivity index (χ0n) is 7.42. The van der Waals surface area contributed by atoms with Gasteiger partial charge < -0.3 is 9.72 Å². The second-order valence-corrected chi connectivity index (χ2v) is 1.67. The molecule has 1 heterocycles. The average Bonchev–Trinajstić information content (AvgIpc) is 2.57. The van der Waals surface area contributed by atoms with Gasteiger partial charge in [-0.1, -0.05) is 13.8 Å². The molecule has 1 aromatic rings. The fourth-order valence-electron chi connectivity index (χ4n) is 0.576. The maximum Gasteiger partial charge on any atom is 0.132 e. The normalized spacial score (nSPS) is 8.64. The summed E-state index contributed by atoms with van der Waals surface area (Å²) < 4.78 is 5.08.